The molecule has 116 valence electrons. The normalized spacial score (nSPS) is 35.8. The molecule has 2 atom stereocenters. The second kappa shape index (κ2) is 6.90. The average molecular weight is 281 g/mol. The third kappa shape index (κ3) is 4.19. The number of hydrogen-bond donors (Lipinski definition) is 1. The molecule has 0 spiro atoms. The van der Waals surface area contributed by atoms with Crippen molar-refractivity contribution in [3.05, 3.63) is 0 Å². The van der Waals surface area contributed by atoms with Gasteiger partial charge in [0.15, 0.2) is 0 Å². The molecule has 0 bridgehead atoms. The van der Waals surface area contributed by atoms with Gasteiger partial charge in [-0.15, -0.1) is 0 Å². The highest BCUT2D eigenvalue weighted by atomic mass is 16.2. The van der Waals surface area contributed by atoms with Gasteiger partial charge in [-0.05, 0) is 43.9 Å². The smallest absolute Gasteiger partial charge is 0.236 e. The number of piperidine rings is 1. The molecule has 0 aromatic rings. The van der Waals surface area contributed by atoms with Crippen LogP contribution in [0.15, 0.2) is 0 Å². The second-order valence-corrected chi connectivity index (χ2v) is 7.21. The lowest BCUT2D eigenvalue weighted by molar-refractivity contribution is -0.134. The summed E-state index contributed by atoms with van der Waals surface area (Å²) >= 11 is 0. The summed E-state index contributed by atoms with van der Waals surface area (Å²) in [6, 6.07) is 0.682. The number of likely N-dealkylation sites (tertiary alicyclic amines) is 1. The van der Waals surface area contributed by atoms with Gasteiger partial charge in [0.25, 0.3) is 0 Å². The minimum Gasteiger partial charge on any atom is -0.342 e. The summed E-state index contributed by atoms with van der Waals surface area (Å²) in [6.45, 7) is 6.96. The van der Waals surface area contributed by atoms with Gasteiger partial charge < -0.3 is 10.6 Å². The van der Waals surface area contributed by atoms with Gasteiger partial charge >= 0.3 is 0 Å². The molecule has 1 amide bonds. The molecule has 1 aliphatic carbocycles. The number of carbonyl (C=O) groups is 1. The van der Waals surface area contributed by atoms with E-state index < -0.39 is 0 Å². The number of rotatable bonds is 3. The second-order valence-electron chi connectivity index (χ2n) is 7.21. The molecule has 4 heteroatoms. The highest BCUT2D eigenvalue weighted by Gasteiger charge is 2.28. The first-order valence-corrected chi connectivity index (χ1v) is 8.19. The lowest BCUT2D eigenvalue weighted by Crippen LogP contribution is -2.51. The number of amides is 1. The molecule has 1 saturated heterocycles. The SMILES string of the molecule is CC1CCC(N(C)C(=O)CN2CC(C)CC(N)C2)CC1. The number of carbonyl (C=O) groups excluding carboxylic acids is 1. The van der Waals surface area contributed by atoms with Crippen molar-refractivity contribution in [3.63, 3.8) is 0 Å². The summed E-state index contributed by atoms with van der Waals surface area (Å²) < 4.78 is 0. The van der Waals surface area contributed by atoms with Crippen molar-refractivity contribution < 1.29 is 4.79 Å². The molecular weight excluding hydrogens is 250 g/mol. The van der Waals surface area contributed by atoms with E-state index in [2.05, 4.69) is 18.7 Å². The Labute approximate surface area is 123 Å². The number of nitrogens with two attached hydrogens (primary N) is 1. The fourth-order valence-corrected chi connectivity index (χ4v) is 3.78. The van der Waals surface area contributed by atoms with Crippen LogP contribution >= 0.6 is 0 Å². The minimum absolute atomic E-state index is 0.229. The lowest BCUT2D eigenvalue weighted by atomic mass is 9.87. The van der Waals surface area contributed by atoms with Crippen LogP contribution in [-0.2, 0) is 4.79 Å². The van der Waals surface area contributed by atoms with Crippen molar-refractivity contribution in [1.29, 1.82) is 0 Å². The van der Waals surface area contributed by atoms with Gasteiger partial charge in [0.2, 0.25) is 5.91 Å². The molecule has 1 saturated carbocycles. The molecule has 0 aromatic heterocycles. The van der Waals surface area contributed by atoms with Crippen LogP contribution in [0.25, 0.3) is 0 Å². The number of nitrogens with zero attached hydrogens (tertiary/aromatic N) is 2. The fraction of sp³-hybridized carbons (Fsp3) is 0.938. The zero-order chi connectivity index (χ0) is 14.7. The molecular formula is C16H31N3O. The molecule has 0 radical (unpaired) electrons. The largest absolute Gasteiger partial charge is 0.342 e. The molecule has 2 rings (SSSR count). The van der Waals surface area contributed by atoms with Crippen molar-refractivity contribution in [2.24, 2.45) is 17.6 Å². The van der Waals surface area contributed by atoms with Crippen molar-refractivity contribution in [2.45, 2.75) is 58.0 Å². The molecule has 2 aliphatic rings. The van der Waals surface area contributed by atoms with Crippen LogP contribution in [0.4, 0.5) is 0 Å². The Morgan fingerprint density at radius 3 is 2.40 bits per heavy atom. The molecule has 1 aliphatic heterocycles. The average Bonchev–Trinajstić information content (AvgIpc) is 2.37. The summed E-state index contributed by atoms with van der Waals surface area (Å²) in [7, 11) is 1.98. The van der Waals surface area contributed by atoms with Crippen LogP contribution in [0.5, 0.6) is 0 Å². The Hall–Kier alpha value is -0.610. The standard InChI is InChI=1S/C16H31N3O/c1-12-4-6-15(7-5-12)18(3)16(20)11-19-9-13(2)8-14(17)10-19/h12-15H,4-11,17H2,1-3H3. The van der Waals surface area contributed by atoms with E-state index in [1.165, 1.54) is 25.7 Å². The van der Waals surface area contributed by atoms with Crippen molar-refractivity contribution in [1.82, 2.24) is 9.80 Å². The predicted octanol–water partition coefficient (Wildman–Crippen LogP) is 1.69. The van der Waals surface area contributed by atoms with Gasteiger partial charge in [0, 0.05) is 32.2 Å². The van der Waals surface area contributed by atoms with E-state index in [1.54, 1.807) is 0 Å². The van der Waals surface area contributed by atoms with Crippen molar-refractivity contribution in [2.75, 3.05) is 26.7 Å². The first kappa shape index (κ1) is 15.8. The Bertz CT molecular complexity index is 316. The van der Waals surface area contributed by atoms with Crippen LogP contribution in [-0.4, -0.2) is 54.5 Å². The summed E-state index contributed by atoms with van der Waals surface area (Å²) in [4.78, 5) is 16.7. The first-order valence-electron chi connectivity index (χ1n) is 8.19. The highest BCUT2D eigenvalue weighted by Crippen LogP contribution is 2.26. The third-order valence-corrected chi connectivity index (χ3v) is 5.05. The predicted molar refractivity (Wildman–Crippen MR) is 82.4 cm³/mol. The number of hydrogen-bond acceptors (Lipinski definition) is 3. The van der Waals surface area contributed by atoms with Gasteiger partial charge in [-0.2, -0.15) is 0 Å². The molecule has 2 N–H and O–H groups in total. The van der Waals surface area contributed by atoms with Crippen molar-refractivity contribution in [3.8, 4) is 0 Å². The van der Waals surface area contributed by atoms with E-state index in [0.717, 1.165) is 25.4 Å². The maximum Gasteiger partial charge on any atom is 0.236 e. The van der Waals surface area contributed by atoms with Gasteiger partial charge in [0.05, 0.1) is 6.54 Å². The van der Waals surface area contributed by atoms with E-state index >= 15 is 0 Å². The van der Waals surface area contributed by atoms with E-state index in [-0.39, 0.29) is 11.9 Å². The number of likely N-dealkylation sites (N-methyl/N-ethyl adjacent to an activating group) is 1. The minimum atomic E-state index is 0.229. The first-order chi connectivity index (χ1) is 9.45. The Kier molecular flexibility index (Phi) is 5.44. The van der Waals surface area contributed by atoms with Crippen LogP contribution in [0.3, 0.4) is 0 Å². The third-order valence-electron chi connectivity index (χ3n) is 5.05. The summed E-state index contributed by atoms with van der Waals surface area (Å²) in [5.74, 6) is 1.70. The van der Waals surface area contributed by atoms with Crippen LogP contribution in [0.1, 0.15) is 46.0 Å². The van der Waals surface area contributed by atoms with Crippen molar-refractivity contribution >= 4 is 5.91 Å². The summed E-state index contributed by atoms with van der Waals surface area (Å²) in [5, 5.41) is 0. The van der Waals surface area contributed by atoms with Gasteiger partial charge in [-0.1, -0.05) is 13.8 Å². The van der Waals surface area contributed by atoms with E-state index in [0.29, 0.717) is 18.5 Å². The van der Waals surface area contributed by atoms with E-state index in [9.17, 15) is 4.79 Å². The van der Waals surface area contributed by atoms with Gasteiger partial charge in [0.1, 0.15) is 0 Å². The van der Waals surface area contributed by atoms with Crippen LogP contribution < -0.4 is 5.73 Å². The lowest BCUT2D eigenvalue weighted by Gasteiger charge is -2.37. The van der Waals surface area contributed by atoms with Gasteiger partial charge in [-0.3, -0.25) is 9.69 Å². The zero-order valence-corrected chi connectivity index (χ0v) is 13.3. The highest BCUT2D eigenvalue weighted by molar-refractivity contribution is 5.78. The Morgan fingerprint density at radius 2 is 1.80 bits per heavy atom. The quantitative estimate of drug-likeness (QED) is 0.856. The van der Waals surface area contributed by atoms with Crippen LogP contribution in [0, 0.1) is 11.8 Å². The summed E-state index contributed by atoms with van der Waals surface area (Å²) in [6.07, 6.45) is 5.93. The molecule has 20 heavy (non-hydrogen) atoms. The molecule has 2 unspecified atom stereocenters. The van der Waals surface area contributed by atoms with E-state index in [1.807, 2.05) is 11.9 Å². The van der Waals surface area contributed by atoms with Gasteiger partial charge in [-0.25, -0.2) is 0 Å². The maximum absolute atomic E-state index is 12.4. The molecule has 1 heterocycles. The maximum atomic E-state index is 12.4. The Morgan fingerprint density at radius 1 is 1.15 bits per heavy atom. The molecule has 0 aromatic carbocycles. The van der Waals surface area contributed by atoms with Crippen LogP contribution in [0.2, 0.25) is 0 Å². The molecule has 4 nitrogen and oxygen atoms in total. The monoisotopic (exact) mass is 281 g/mol. The van der Waals surface area contributed by atoms with E-state index in [4.69, 9.17) is 5.73 Å². The molecule has 2 fully saturated rings. The zero-order valence-electron chi connectivity index (χ0n) is 13.3. The summed E-state index contributed by atoms with van der Waals surface area (Å²) in [5.41, 5.74) is 6.06. The topological polar surface area (TPSA) is 49.6 Å². The fourth-order valence-electron chi connectivity index (χ4n) is 3.78. The Balaban J connectivity index is 1.81.